The van der Waals surface area contributed by atoms with Gasteiger partial charge in [-0.2, -0.15) is 0 Å². The smallest absolute Gasteiger partial charge is 0.272 e. The van der Waals surface area contributed by atoms with Crippen molar-refractivity contribution in [3.05, 3.63) is 59.7 Å². The van der Waals surface area contributed by atoms with Gasteiger partial charge in [0, 0.05) is 52.0 Å². The molecule has 0 unspecified atom stereocenters. The minimum atomic E-state index is -0.352. The Hall–Kier alpha value is -3.29. The number of rotatable bonds is 4. The third kappa shape index (κ3) is 4.66. The Kier molecular flexibility index (Phi) is 5.75. The summed E-state index contributed by atoms with van der Waals surface area (Å²) < 4.78 is 0. The van der Waals surface area contributed by atoms with E-state index in [9.17, 15) is 14.4 Å². The molecule has 0 bridgehead atoms. The number of nitrogens with one attached hydrogen (secondary N) is 1. The molecule has 27 heavy (non-hydrogen) atoms. The molecular weight excluding hydrogens is 346 g/mol. The predicted octanol–water partition coefficient (Wildman–Crippen LogP) is 0.711. The standard InChI is InChI=1S/C19H21N5O3/c1-14(25)23-8-10-24(11-9-23)19(27)17-6-2-5-16(22-17)18(26)21-13-15-4-3-7-20-12-15/h2-7,12H,8-11,13H2,1H3,(H,21,26). The van der Waals surface area contributed by atoms with E-state index in [-0.39, 0.29) is 29.1 Å². The Morgan fingerprint density at radius 3 is 2.37 bits per heavy atom. The van der Waals surface area contributed by atoms with Crippen LogP contribution in [0, 0.1) is 0 Å². The van der Waals surface area contributed by atoms with Gasteiger partial charge in [0.15, 0.2) is 0 Å². The lowest BCUT2D eigenvalue weighted by atomic mass is 10.2. The lowest BCUT2D eigenvalue weighted by molar-refractivity contribution is -0.130. The molecule has 8 heteroatoms. The van der Waals surface area contributed by atoms with Crippen LogP contribution in [0.2, 0.25) is 0 Å². The molecular formula is C19H21N5O3. The first-order valence-electron chi connectivity index (χ1n) is 8.73. The van der Waals surface area contributed by atoms with E-state index in [1.807, 2.05) is 6.07 Å². The molecule has 1 N–H and O–H groups in total. The first-order chi connectivity index (χ1) is 13.0. The molecule has 0 aromatic carbocycles. The van der Waals surface area contributed by atoms with Crippen LogP contribution in [0.15, 0.2) is 42.7 Å². The Labute approximate surface area is 157 Å². The highest BCUT2D eigenvalue weighted by Gasteiger charge is 2.24. The van der Waals surface area contributed by atoms with Gasteiger partial charge in [-0.05, 0) is 23.8 Å². The van der Waals surface area contributed by atoms with Gasteiger partial charge in [-0.25, -0.2) is 4.98 Å². The van der Waals surface area contributed by atoms with E-state index in [0.29, 0.717) is 32.7 Å². The molecule has 0 aliphatic carbocycles. The van der Waals surface area contributed by atoms with Gasteiger partial charge in [0.1, 0.15) is 11.4 Å². The molecule has 140 valence electrons. The maximum Gasteiger partial charge on any atom is 0.272 e. The van der Waals surface area contributed by atoms with E-state index >= 15 is 0 Å². The van der Waals surface area contributed by atoms with Crippen LogP contribution in [0.5, 0.6) is 0 Å². The molecule has 8 nitrogen and oxygen atoms in total. The van der Waals surface area contributed by atoms with Gasteiger partial charge in [-0.1, -0.05) is 12.1 Å². The Balaban J connectivity index is 1.62. The zero-order valence-corrected chi connectivity index (χ0v) is 15.1. The molecule has 1 fully saturated rings. The van der Waals surface area contributed by atoms with E-state index < -0.39 is 0 Å². The van der Waals surface area contributed by atoms with E-state index in [1.54, 1.807) is 46.5 Å². The van der Waals surface area contributed by atoms with Crippen molar-refractivity contribution in [2.24, 2.45) is 0 Å². The second-order valence-corrected chi connectivity index (χ2v) is 6.25. The molecule has 0 radical (unpaired) electrons. The lowest BCUT2D eigenvalue weighted by Gasteiger charge is -2.34. The molecule has 2 aromatic heterocycles. The summed E-state index contributed by atoms with van der Waals surface area (Å²) in [5.74, 6) is -0.581. The molecule has 3 rings (SSSR count). The number of amides is 3. The minimum Gasteiger partial charge on any atom is -0.347 e. The molecule has 3 heterocycles. The topological polar surface area (TPSA) is 95.5 Å². The van der Waals surface area contributed by atoms with Crippen LogP contribution in [0.4, 0.5) is 0 Å². The molecule has 0 saturated carbocycles. The van der Waals surface area contributed by atoms with Crippen LogP contribution in [0.3, 0.4) is 0 Å². The van der Waals surface area contributed by atoms with Crippen LogP contribution in [0.25, 0.3) is 0 Å². The van der Waals surface area contributed by atoms with Crippen molar-refractivity contribution < 1.29 is 14.4 Å². The van der Waals surface area contributed by atoms with Crippen molar-refractivity contribution in [3.8, 4) is 0 Å². The average molecular weight is 367 g/mol. The summed E-state index contributed by atoms with van der Waals surface area (Å²) in [6, 6.07) is 8.47. The second-order valence-electron chi connectivity index (χ2n) is 6.25. The first kappa shape index (κ1) is 18.5. The van der Waals surface area contributed by atoms with E-state index in [4.69, 9.17) is 0 Å². The maximum atomic E-state index is 12.7. The summed E-state index contributed by atoms with van der Waals surface area (Å²) in [5, 5.41) is 2.77. The quantitative estimate of drug-likeness (QED) is 0.859. The average Bonchev–Trinajstić information content (AvgIpc) is 2.72. The normalized spacial score (nSPS) is 14.0. The van der Waals surface area contributed by atoms with Crippen LogP contribution < -0.4 is 5.32 Å². The fourth-order valence-corrected chi connectivity index (χ4v) is 2.84. The number of piperazine rings is 1. The van der Waals surface area contributed by atoms with Gasteiger partial charge in [0.25, 0.3) is 11.8 Å². The number of hydrogen-bond donors (Lipinski definition) is 1. The largest absolute Gasteiger partial charge is 0.347 e. The zero-order valence-electron chi connectivity index (χ0n) is 15.1. The number of pyridine rings is 2. The summed E-state index contributed by atoms with van der Waals surface area (Å²) in [7, 11) is 0. The van der Waals surface area contributed by atoms with Crippen molar-refractivity contribution in [3.63, 3.8) is 0 Å². The number of carbonyl (C=O) groups excluding carboxylic acids is 3. The summed E-state index contributed by atoms with van der Waals surface area (Å²) in [6.07, 6.45) is 3.34. The highest BCUT2D eigenvalue weighted by atomic mass is 16.2. The molecule has 1 saturated heterocycles. The molecule has 1 aliphatic heterocycles. The van der Waals surface area contributed by atoms with E-state index in [2.05, 4.69) is 15.3 Å². The monoisotopic (exact) mass is 367 g/mol. The van der Waals surface area contributed by atoms with Crippen molar-refractivity contribution >= 4 is 17.7 Å². The molecule has 3 amide bonds. The number of nitrogens with zero attached hydrogens (tertiary/aromatic N) is 4. The van der Waals surface area contributed by atoms with Gasteiger partial charge in [0.05, 0.1) is 0 Å². The summed E-state index contributed by atoms with van der Waals surface area (Å²) in [4.78, 5) is 47.9. The Morgan fingerprint density at radius 2 is 1.70 bits per heavy atom. The van der Waals surface area contributed by atoms with Crippen LogP contribution in [-0.2, 0) is 11.3 Å². The number of hydrogen-bond acceptors (Lipinski definition) is 5. The fourth-order valence-electron chi connectivity index (χ4n) is 2.84. The van der Waals surface area contributed by atoms with Crippen molar-refractivity contribution in [2.45, 2.75) is 13.5 Å². The van der Waals surface area contributed by atoms with Crippen LogP contribution in [-0.4, -0.2) is 63.7 Å². The third-order valence-electron chi connectivity index (χ3n) is 4.39. The highest BCUT2D eigenvalue weighted by molar-refractivity contribution is 5.96. The zero-order chi connectivity index (χ0) is 19.2. The molecule has 0 spiro atoms. The summed E-state index contributed by atoms with van der Waals surface area (Å²) >= 11 is 0. The van der Waals surface area contributed by atoms with Crippen molar-refractivity contribution in [1.82, 2.24) is 25.1 Å². The van der Waals surface area contributed by atoms with Crippen LogP contribution >= 0.6 is 0 Å². The van der Waals surface area contributed by atoms with Gasteiger partial charge in [0.2, 0.25) is 5.91 Å². The SMILES string of the molecule is CC(=O)N1CCN(C(=O)c2cccc(C(=O)NCc3cccnc3)n2)CC1. The molecule has 2 aromatic rings. The van der Waals surface area contributed by atoms with Crippen molar-refractivity contribution in [2.75, 3.05) is 26.2 Å². The highest BCUT2D eigenvalue weighted by Crippen LogP contribution is 2.09. The predicted molar refractivity (Wildman–Crippen MR) is 97.8 cm³/mol. The lowest BCUT2D eigenvalue weighted by Crippen LogP contribution is -2.50. The van der Waals surface area contributed by atoms with Gasteiger partial charge < -0.3 is 15.1 Å². The first-order valence-corrected chi connectivity index (χ1v) is 8.73. The van der Waals surface area contributed by atoms with Gasteiger partial charge in [-0.15, -0.1) is 0 Å². The van der Waals surface area contributed by atoms with Crippen molar-refractivity contribution in [1.29, 1.82) is 0 Å². The summed E-state index contributed by atoms with van der Waals surface area (Å²) in [5.41, 5.74) is 1.29. The maximum absolute atomic E-state index is 12.7. The third-order valence-corrected chi connectivity index (χ3v) is 4.39. The van der Waals surface area contributed by atoms with E-state index in [1.165, 1.54) is 6.92 Å². The van der Waals surface area contributed by atoms with Gasteiger partial charge in [-0.3, -0.25) is 19.4 Å². The summed E-state index contributed by atoms with van der Waals surface area (Å²) in [6.45, 7) is 3.78. The number of carbonyl (C=O) groups is 3. The molecule has 1 aliphatic rings. The minimum absolute atomic E-state index is 0.00695. The number of aromatic nitrogens is 2. The Morgan fingerprint density at radius 1 is 1.00 bits per heavy atom. The Bertz CT molecular complexity index is 832. The second kappa shape index (κ2) is 8.39. The molecule has 0 atom stereocenters. The fraction of sp³-hybridized carbons (Fsp3) is 0.316. The van der Waals surface area contributed by atoms with Crippen LogP contribution in [0.1, 0.15) is 33.5 Å². The van der Waals surface area contributed by atoms with E-state index in [0.717, 1.165) is 5.56 Å². The van der Waals surface area contributed by atoms with Gasteiger partial charge >= 0.3 is 0 Å².